The Morgan fingerprint density at radius 1 is 1.17 bits per heavy atom. The van der Waals surface area contributed by atoms with Crippen LogP contribution in [-0.4, -0.2) is 27.1 Å². The lowest BCUT2D eigenvalue weighted by molar-refractivity contribution is 0.0940. The van der Waals surface area contributed by atoms with Crippen molar-refractivity contribution in [3.63, 3.8) is 0 Å². The van der Waals surface area contributed by atoms with Crippen LogP contribution in [0.4, 0.5) is 0 Å². The lowest BCUT2D eigenvalue weighted by atomic mass is 10.1. The van der Waals surface area contributed by atoms with Crippen molar-refractivity contribution < 1.29 is 9.00 Å². The number of aromatic amines is 1. The molecule has 2 N–H and O–H groups in total. The average molecular weight is 326 g/mol. The van der Waals surface area contributed by atoms with Crippen LogP contribution in [0.2, 0.25) is 0 Å². The van der Waals surface area contributed by atoms with Crippen LogP contribution in [0, 0.1) is 0 Å². The first kappa shape index (κ1) is 15.5. The van der Waals surface area contributed by atoms with Crippen molar-refractivity contribution in [2.75, 3.05) is 12.0 Å². The maximum absolute atomic E-state index is 12.6. The summed E-state index contributed by atoms with van der Waals surface area (Å²) in [7, 11) is -1.01. The molecule has 0 saturated carbocycles. The van der Waals surface area contributed by atoms with Gasteiger partial charge in [0, 0.05) is 40.1 Å². The summed E-state index contributed by atoms with van der Waals surface area (Å²) in [6.07, 6.45) is 3.49. The zero-order valence-corrected chi connectivity index (χ0v) is 13.6. The van der Waals surface area contributed by atoms with Gasteiger partial charge in [-0.15, -0.1) is 0 Å². The molecule has 0 aliphatic carbocycles. The minimum Gasteiger partial charge on any atom is -0.361 e. The van der Waals surface area contributed by atoms with E-state index in [4.69, 9.17) is 0 Å². The number of hydrogen-bond acceptors (Lipinski definition) is 2. The van der Waals surface area contributed by atoms with Gasteiger partial charge in [0.15, 0.2) is 0 Å². The smallest absolute Gasteiger partial charge is 0.251 e. The molecular weight excluding hydrogens is 308 g/mol. The Labute approximate surface area is 137 Å². The molecule has 4 nitrogen and oxygen atoms in total. The average Bonchev–Trinajstić information content (AvgIpc) is 3.02. The van der Waals surface area contributed by atoms with Crippen LogP contribution in [0.1, 0.15) is 22.0 Å². The molecule has 3 rings (SSSR count). The number of rotatable bonds is 5. The van der Waals surface area contributed by atoms with E-state index in [9.17, 15) is 9.00 Å². The Bertz CT molecular complexity index is 842. The highest BCUT2D eigenvalue weighted by Crippen LogP contribution is 2.17. The van der Waals surface area contributed by atoms with Crippen LogP contribution < -0.4 is 5.32 Å². The van der Waals surface area contributed by atoms with Gasteiger partial charge in [0.25, 0.3) is 5.91 Å². The minimum atomic E-state index is -1.01. The number of nitrogens with one attached hydrogen (secondary N) is 2. The highest BCUT2D eigenvalue weighted by atomic mass is 32.2. The number of aromatic nitrogens is 1. The maximum atomic E-state index is 12.6. The molecule has 0 radical (unpaired) electrons. The van der Waals surface area contributed by atoms with Gasteiger partial charge in [0.2, 0.25) is 0 Å². The van der Waals surface area contributed by atoms with E-state index >= 15 is 0 Å². The fraction of sp³-hybridized carbons (Fsp3) is 0.167. The summed E-state index contributed by atoms with van der Waals surface area (Å²) in [6.45, 7) is 0. The van der Waals surface area contributed by atoms with Gasteiger partial charge in [-0.2, -0.15) is 0 Å². The molecule has 2 aromatic carbocycles. The Kier molecular flexibility index (Phi) is 4.57. The predicted octanol–water partition coefficient (Wildman–Crippen LogP) is 3.02. The fourth-order valence-electron chi connectivity index (χ4n) is 2.57. The summed E-state index contributed by atoms with van der Waals surface area (Å²) < 4.78 is 11.6. The third-order valence-electron chi connectivity index (χ3n) is 3.73. The van der Waals surface area contributed by atoms with Crippen molar-refractivity contribution in [1.29, 1.82) is 0 Å². The third-order valence-corrected chi connectivity index (χ3v) is 4.53. The van der Waals surface area contributed by atoms with Crippen molar-refractivity contribution in [3.8, 4) is 0 Å². The second-order valence-corrected chi connectivity index (χ2v) is 6.94. The summed E-state index contributed by atoms with van der Waals surface area (Å²) in [5.74, 6) is 0.223. The van der Waals surface area contributed by atoms with Crippen molar-refractivity contribution in [2.24, 2.45) is 0 Å². The highest BCUT2D eigenvalue weighted by Gasteiger charge is 2.17. The molecule has 1 heterocycles. The lowest BCUT2D eigenvalue weighted by Gasteiger charge is -2.18. The first-order chi connectivity index (χ1) is 11.1. The van der Waals surface area contributed by atoms with Crippen LogP contribution in [0.5, 0.6) is 0 Å². The number of benzene rings is 2. The second kappa shape index (κ2) is 6.79. The van der Waals surface area contributed by atoms with Crippen molar-refractivity contribution >= 4 is 27.6 Å². The normalized spacial score (nSPS) is 13.6. The van der Waals surface area contributed by atoms with Gasteiger partial charge < -0.3 is 10.3 Å². The van der Waals surface area contributed by atoms with Gasteiger partial charge in [0.1, 0.15) is 0 Å². The third kappa shape index (κ3) is 3.68. The SMILES string of the molecule is C[S@@](=O)C[C@H](NC(=O)c1ccc2cc[nH]c2c1)c1ccccc1. The van der Waals surface area contributed by atoms with Crippen LogP contribution in [0.3, 0.4) is 0 Å². The highest BCUT2D eigenvalue weighted by molar-refractivity contribution is 7.84. The van der Waals surface area contributed by atoms with Crippen LogP contribution in [-0.2, 0) is 10.8 Å². The first-order valence-corrected chi connectivity index (χ1v) is 9.09. The van der Waals surface area contributed by atoms with Crippen LogP contribution in [0.25, 0.3) is 10.9 Å². The monoisotopic (exact) mass is 326 g/mol. The molecular formula is C18H18N2O2S. The van der Waals surface area contributed by atoms with E-state index in [0.29, 0.717) is 11.3 Å². The summed E-state index contributed by atoms with van der Waals surface area (Å²) >= 11 is 0. The zero-order chi connectivity index (χ0) is 16.2. The van der Waals surface area contributed by atoms with Crippen LogP contribution >= 0.6 is 0 Å². The molecule has 5 heteroatoms. The molecule has 0 saturated heterocycles. The number of amides is 1. The van der Waals surface area contributed by atoms with E-state index in [1.165, 1.54) is 0 Å². The predicted molar refractivity (Wildman–Crippen MR) is 93.9 cm³/mol. The summed E-state index contributed by atoms with van der Waals surface area (Å²) in [4.78, 5) is 15.7. The van der Waals surface area contributed by atoms with Gasteiger partial charge >= 0.3 is 0 Å². The number of carbonyl (C=O) groups excluding carboxylic acids is 1. The Balaban J connectivity index is 1.83. The molecule has 3 aromatic rings. The number of hydrogen-bond donors (Lipinski definition) is 2. The van der Waals surface area contributed by atoms with E-state index in [1.807, 2.05) is 54.7 Å². The summed E-state index contributed by atoms with van der Waals surface area (Å²) in [6, 6.07) is 16.9. The molecule has 1 aromatic heterocycles. The van der Waals surface area contributed by atoms with E-state index in [1.54, 1.807) is 12.3 Å². The molecule has 0 bridgehead atoms. The second-order valence-electron chi connectivity index (χ2n) is 5.46. The van der Waals surface area contributed by atoms with E-state index in [0.717, 1.165) is 16.5 Å². The zero-order valence-electron chi connectivity index (χ0n) is 12.8. The standard InChI is InChI=1S/C18H18N2O2S/c1-23(22)12-17(13-5-3-2-4-6-13)20-18(21)15-8-7-14-9-10-19-16(14)11-15/h2-11,17,19H,12H2,1H3,(H,20,21)/t17-,23+/m0/s1. The van der Waals surface area contributed by atoms with Crippen LogP contribution in [0.15, 0.2) is 60.8 Å². The molecule has 0 aliphatic rings. The lowest BCUT2D eigenvalue weighted by Crippen LogP contribution is -2.31. The van der Waals surface area contributed by atoms with E-state index in [-0.39, 0.29) is 11.9 Å². The largest absolute Gasteiger partial charge is 0.361 e. The molecule has 1 amide bonds. The topological polar surface area (TPSA) is 62.0 Å². The van der Waals surface area contributed by atoms with E-state index in [2.05, 4.69) is 10.3 Å². The van der Waals surface area contributed by atoms with Crippen molar-refractivity contribution in [1.82, 2.24) is 10.3 Å². The Morgan fingerprint density at radius 2 is 1.96 bits per heavy atom. The van der Waals surface area contributed by atoms with Gasteiger partial charge in [-0.3, -0.25) is 9.00 Å². The quantitative estimate of drug-likeness (QED) is 0.757. The number of carbonyl (C=O) groups is 1. The van der Waals surface area contributed by atoms with Gasteiger partial charge in [0.05, 0.1) is 6.04 Å². The van der Waals surface area contributed by atoms with Gasteiger partial charge in [-0.1, -0.05) is 36.4 Å². The molecule has 0 aliphatic heterocycles. The summed E-state index contributed by atoms with van der Waals surface area (Å²) in [5, 5.41) is 4.06. The van der Waals surface area contributed by atoms with Crippen molar-refractivity contribution in [2.45, 2.75) is 6.04 Å². The molecule has 0 unspecified atom stereocenters. The molecule has 23 heavy (non-hydrogen) atoms. The molecule has 118 valence electrons. The number of fused-ring (bicyclic) bond motifs is 1. The summed E-state index contributed by atoms with van der Waals surface area (Å²) in [5.41, 5.74) is 2.47. The van der Waals surface area contributed by atoms with Gasteiger partial charge in [-0.25, -0.2) is 0 Å². The van der Waals surface area contributed by atoms with Gasteiger partial charge in [-0.05, 0) is 29.1 Å². The minimum absolute atomic E-state index is 0.166. The molecule has 2 atom stereocenters. The Hall–Kier alpha value is -2.40. The molecule has 0 fully saturated rings. The number of H-pyrrole nitrogens is 1. The van der Waals surface area contributed by atoms with Crippen molar-refractivity contribution in [3.05, 3.63) is 71.9 Å². The molecule has 0 spiro atoms. The maximum Gasteiger partial charge on any atom is 0.251 e. The Morgan fingerprint density at radius 3 is 2.70 bits per heavy atom. The first-order valence-electron chi connectivity index (χ1n) is 7.36. The van der Waals surface area contributed by atoms with E-state index < -0.39 is 10.8 Å². The fourth-order valence-corrected chi connectivity index (χ4v) is 3.32.